The third-order valence-corrected chi connectivity index (χ3v) is 4.29. The van der Waals surface area contributed by atoms with E-state index in [4.69, 9.17) is 20.9 Å². The fourth-order valence-corrected chi connectivity index (χ4v) is 3.26. The lowest BCUT2D eigenvalue weighted by molar-refractivity contribution is 0.391. The molecule has 0 spiro atoms. The first kappa shape index (κ1) is 15.7. The van der Waals surface area contributed by atoms with Crippen LogP contribution in [0.3, 0.4) is 0 Å². The Morgan fingerprint density at radius 2 is 1.81 bits per heavy atom. The number of hydrogen-bond donors (Lipinski definition) is 1. The van der Waals surface area contributed by atoms with Crippen molar-refractivity contribution < 1.29 is 13.8 Å². The average molecular weight is 326 g/mol. The van der Waals surface area contributed by atoms with E-state index in [0.717, 1.165) is 5.56 Å². The molecule has 21 heavy (non-hydrogen) atoms. The maximum Gasteiger partial charge on any atom is 0.338 e. The second kappa shape index (κ2) is 6.42. The third kappa shape index (κ3) is 4.16. The van der Waals surface area contributed by atoms with Crippen molar-refractivity contribution in [2.45, 2.75) is 6.92 Å². The number of halogens is 1. The van der Waals surface area contributed by atoms with Crippen LogP contribution in [0.25, 0.3) is 0 Å². The molecule has 112 valence electrons. The molecule has 0 heterocycles. The van der Waals surface area contributed by atoms with Gasteiger partial charge in [-0.1, -0.05) is 29.8 Å². The number of rotatable bonds is 5. The molecule has 1 atom stereocenters. The molecule has 1 N–H and O–H groups in total. The number of para-hydroxylation sites is 2. The summed E-state index contributed by atoms with van der Waals surface area (Å²) in [5.41, 5.74) is 1.62. The predicted molar refractivity (Wildman–Crippen MR) is 87.0 cm³/mol. The Balaban J connectivity index is 2.22. The van der Waals surface area contributed by atoms with Crippen molar-refractivity contribution in [3.8, 4) is 11.5 Å². The highest BCUT2D eigenvalue weighted by atomic mass is 35.5. The van der Waals surface area contributed by atoms with E-state index in [2.05, 4.69) is 5.09 Å². The maximum absolute atomic E-state index is 12.7. The van der Waals surface area contributed by atoms with Crippen molar-refractivity contribution in [2.24, 2.45) is 0 Å². The molecule has 0 saturated heterocycles. The largest absolute Gasteiger partial charge is 0.493 e. The molecule has 0 unspecified atom stereocenters. The lowest BCUT2D eigenvalue weighted by atomic mass is 10.2. The minimum absolute atomic E-state index is 0.429. The maximum atomic E-state index is 12.7. The highest BCUT2D eigenvalue weighted by molar-refractivity contribution is 7.60. The zero-order valence-corrected chi connectivity index (χ0v) is 13.7. The topological polar surface area (TPSA) is 47.6 Å². The molecule has 4 nitrogen and oxygen atoms in total. The van der Waals surface area contributed by atoms with Gasteiger partial charge >= 0.3 is 7.52 Å². The highest BCUT2D eigenvalue weighted by Gasteiger charge is 2.20. The van der Waals surface area contributed by atoms with Gasteiger partial charge in [-0.3, -0.25) is 4.57 Å². The van der Waals surface area contributed by atoms with Gasteiger partial charge < -0.3 is 14.3 Å². The number of ether oxygens (including phenoxy) is 1. The van der Waals surface area contributed by atoms with Gasteiger partial charge in [0.05, 0.1) is 7.11 Å². The summed E-state index contributed by atoms with van der Waals surface area (Å²) in [6.07, 6.45) is 0. The first-order valence-corrected chi connectivity index (χ1v) is 8.81. The van der Waals surface area contributed by atoms with Gasteiger partial charge in [0.25, 0.3) is 0 Å². The average Bonchev–Trinajstić information content (AvgIpc) is 2.43. The van der Waals surface area contributed by atoms with Gasteiger partial charge in [-0.15, -0.1) is 0 Å². The molecule has 2 rings (SSSR count). The Morgan fingerprint density at radius 3 is 2.48 bits per heavy atom. The summed E-state index contributed by atoms with van der Waals surface area (Å²) in [7, 11) is -1.57. The van der Waals surface area contributed by atoms with Gasteiger partial charge in [0.2, 0.25) is 0 Å². The van der Waals surface area contributed by atoms with E-state index in [-0.39, 0.29) is 0 Å². The second-order valence-corrected chi connectivity index (χ2v) is 7.19. The third-order valence-electron chi connectivity index (χ3n) is 2.86. The van der Waals surface area contributed by atoms with Crippen molar-refractivity contribution in [3.63, 3.8) is 0 Å². The fraction of sp³-hybridized carbons (Fsp3) is 0.200. The van der Waals surface area contributed by atoms with Crippen molar-refractivity contribution in [1.82, 2.24) is 0 Å². The Hall–Kier alpha value is -1.64. The van der Waals surface area contributed by atoms with Crippen LogP contribution in [-0.4, -0.2) is 13.8 Å². The molecule has 0 aliphatic carbocycles. The van der Waals surface area contributed by atoms with Crippen LogP contribution in [0.4, 0.5) is 5.69 Å². The minimum Gasteiger partial charge on any atom is -0.493 e. The lowest BCUT2D eigenvalue weighted by Gasteiger charge is -2.20. The number of nitrogens with one attached hydrogen (secondary N) is 1. The van der Waals surface area contributed by atoms with E-state index >= 15 is 0 Å². The summed E-state index contributed by atoms with van der Waals surface area (Å²) in [4.78, 5) is 0. The number of anilines is 1. The Bertz CT molecular complexity index is 690. The summed E-state index contributed by atoms with van der Waals surface area (Å²) in [5.74, 6) is 0.960. The number of methoxy groups -OCH3 is 1. The predicted octanol–water partition coefficient (Wildman–Crippen LogP) is 4.97. The molecule has 2 aromatic rings. The fourth-order valence-electron chi connectivity index (χ4n) is 1.84. The van der Waals surface area contributed by atoms with Gasteiger partial charge in [0, 0.05) is 17.4 Å². The monoisotopic (exact) mass is 325 g/mol. The lowest BCUT2D eigenvalue weighted by Crippen LogP contribution is -2.04. The molecule has 2 aromatic carbocycles. The summed E-state index contributed by atoms with van der Waals surface area (Å²) in [5, 5.41) is 3.49. The molecule has 0 aromatic heterocycles. The van der Waals surface area contributed by atoms with Crippen LogP contribution in [0.2, 0.25) is 5.02 Å². The van der Waals surface area contributed by atoms with Crippen molar-refractivity contribution in [2.75, 3.05) is 18.9 Å². The Kier molecular flexibility index (Phi) is 4.81. The van der Waals surface area contributed by atoms with Crippen LogP contribution in [-0.2, 0) is 4.57 Å². The van der Waals surface area contributed by atoms with Crippen LogP contribution < -0.4 is 14.3 Å². The number of benzene rings is 2. The molecule has 0 bridgehead atoms. The molecule has 6 heteroatoms. The van der Waals surface area contributed by atoms with Crippen molar-refractivity contribution in [3.05, 3.63) is 53.1 Å². The van der Waals surface area contributed by atoms with Gasteiger partial charge in [-0.25, -0.2) is 0 Å². The smallest absolute Gasteiger partial charge is 0.338 e. The second-order valence-electron chi connectivity index (χ2n) is 4.66. The van der Waals surface area contributed by atoms with Gasteiger partial charge in [0.15, 0.2) is 11.5 Å². The Morgan fingerprint density at radius 1 is 1.14 bits per heavy atom. The number of aryl methyl sites for hydroxylation is 1. The molecule has 0 aliphatic heterocycles. The van der Waals surface area contributed by atoms with Crippen LogP contribution >= 0.6 is 19.1 Å². The quantitative estimate of drug-likeness (QED) is 0.788. The van der Waals surface area contributed by atoms with Crippen LogP contribution in [0, 0.1) is 6.92 Å². The normalized spacial score (nSPS) is 13.3. The summed E-state index contributed by atoms with van der Waals surface area (Å²) in [6.45, 7) is 3.42. The van der Waals surface area contributed by atoms with Crippen LogP contribution in [0.5, 0.6) is 11.5 Å². The summed E-state index contributed by atoms with van der Waals surface area (Å²) >= 11 is 5.96. The van der Waals surface area contributed by atoms with Crippen molar-refractivity contribution >= 4 is 24.8 Å². The summed E-state index contributed by atoms with van der Waals surface area (Å²) in [6, 6.07) is 12.4. The number of hydrogen-bond acceptors (Lipinski definition) is 3. The van der Waals surface area contributed by atoms with Crippen LogP contribution in [0.1, 0.15) is 5.56 Å². The minimum atomic E-state index is -3.11. The molecular formula is C15H17ClNO3P. The van der Waals surface area contributed by atoms with E-state index in [1.54, 1.807) is 30.3 Å². The molecule has 0 radical (unpaired) electrons. The molecule has 0 fully saturated rings. The first-order valence-electron chi connectivity index (χ1n) is 6.36. The standard InChI is InChI=1S/C15H17ClNO3P/c1-11-8-9-12(16)10-13(11)17-21(3,18)20-15-7-5-4-6-14(15)19-2/h4-10H,1-3H3,(H,17,18)/t21-/m1/s1. The SMILES string of the molecule is COc1ccccc1O[P@@](C)(=O)Nc1cc(Cl)ccc1C. The molecular weight excluding hydrogens is 309 g/mol. The molecule has 0 aliphatic rings. The van der Waals surface area contributed by atoms with E-state index in [0.29, 0.717) is 22.2 Å². The van der Waals surface area contributed by atoms with Gasteiger partial charge in [-0.2, -0.15) is 0 Å². The summed E-state index contributed by atoms with van der Waals surface area (Å²) < 4.78 is 23.4. The zero-order chi connectivity index (χ0) is 15.5. The van der Waals surface area contributed by atoms with Gasteiger partial charge in [0.1, 0.15) is 0 Å². The molecule has 0 saturated carbocycles. The Labute approximate surface area is 129 Å². The molecule has 0 amide bonds. The van der Waals surface area contributed by atoms with E-state index < -0.39 is 7.52 Å². The van der Waals surface area contributed by atoms with Crippen LogP contribution in [0.15, 0.2) is 42.5 Å². The highest BCUT2D eigenvalue weighted by Crippen LogP contribution is 2.46. The zero-order valence-electron chi connectivity index (χ0n) is 12.1. The first-order chi connectivity index (χ1) is 9.91. The van der Waals surface area contributed by atoms with E-state index in [1.165, 1.54) is 13.8 Å². The van der Waals surface area contributed by atoms with E-state index in [1.807, 2.05) is 19.1 Å². The van der Waals surface area contributed by atoms with Crippen molar-refractivity contribution in [1.29, 1.82) is 0 Å². The van der Waals surface area contributed by atoms with E-state index in [9.17, 15) is 4.57 Å². The van der Waals surface area contributed by atoms with Gasteiger partial charge in [-0.05, 0) is 36.8 Å².